The Labute approximate surface area is 133 Å². The minimum atomic E-state index is 0.263. The maximum atomic E-state index is 9.26. The average molecular weight is 302 g/mol. The average Bonchev–Trinajstić information content (AvgIpc) is 3.11. The highest BCUT2D eigenvalue weighted by molar-refractivity contribution is 5.97. The molecule has 0 unspecified atom stereocenters. The molecule has 3 N–H and O–H groups in total. The third-order valence-corrected chi connectivity index (χ3v) is 3.53. The molecule has 1 aliphatic rings. The van der Waals surface area contributed by atoms with E-state index in [1.165, 1.54) is 0 Å². The summed E-state index contributed by atoms with van der Waals surface area (Å²) in [5, 5.41) is 26.6. The van der Waals surface area contributed by atoms with E-state index < -0.39 is 0 Å². The lowest BCUT2D eigenvalue weighted by Gasteiger charge is -2.19. The summed E-state index contributed by atoms with van der Waals surface area (Å²) in [6.45, 7) is 1.92. The normalized spacial score (nSPS) is 15.8. The fraction of sp³-hybridized carbons (Fsp3) is 0.0588. The van der Waals surface area contributed by atoms with E-state index in [0.29, 0.717) is 5.70 Å². The second kappa shape index (κ2) is 6.12. The van der Waals surface area contributed by atoms with Crippen molar-refractivity contribution in [2.45, 2.75) is 6.92 Å². The molecule has 6 heteroatoms. The number of nitriles is 1. The molecule has 6 nitrogen and oxygen atoms in total. The van der Waals surface area contributed by atoms with Crippen LogP contribution in [-0.4, -0.2) is 21.4 Å². The van der Waals surface area contributed by atoms with Gasteiger partial charge >= 0.3 is 0 Å². The van der Waals surface area contributed by atoms with Crippen molar-refractivity contribution < 1.29 is 0 Å². The Morgan fingerprint density at radius 3 is 2.78 bits per heavy atom. The molecule has 0 spiro atoms. The molecule has 0 radical (unpaired) electrons. The zero-order chi connectivity index (χ0) is 16.2. The third-order valence-electron chi connectivity index (χ3n) is 3.53. The molecule has 23 heavy (non-hydrogen) atoms. The molecule has 0 saturated heterocycles. The number of pyridine rings is 1. The first kappa shape index (κ1) is 14.5. The number of H-pyrrole nitrogens is 1. The minimum absolute atomic E-state index is 0.263. The molecule has 2 aromatic heterocycles. The lowest BCUT2D eigenvalue weighted by molar-refractivity contribution is 1.09. The van der Waals surface area contributed by atoms with Crippen LogP contribution >= 0.6 is 0 Å². The molecule has 3 heterocycles. The van der Waals surface area contributed by atoms with Crippen LogP contribution in [-0.2, 0) is 0 Å². The van der Waals surface area contributed by atoms with Crippen LogP contribution in [0.1, 0.15) is 16.8 Å². The Morgan fingerprint density at radius 1 is 1.30 bits per heavy atom. The van der Waals surface area contributed by atoms with Gasteiger partial charge in [-0.15, -0.1) is 0 Å². The highest BCUT2D eigenvalue weighted by atomic mass is 15.1. The van der Waals surface area contributed by atoms with Gasteiger partial charge in [-0.2, -0.15) is 10.4 Å². The number of nitrogens with zero attached hydrogens (tertiary/aromatic N) is 3. The first-order valence-electron chi connectivity index (χ1n) is 6.98. The zero-order valence-electron chi connectivity index (χ0n) is 12.5. The summed E-state index contributed by atoms with van der Waals surface area (Å²) in [6.07, 6.45) is 10.1. The zero-order valence-corrected chi connectivity index (χ0v) is 12.5. The number of aromatic nitrogens is 3. The van der Waals surface area contributed by atoms with Gasteiger partial charge < -0.3 is 10.7 Å². The van der Waals surface area contributed by atoms with Crippen LogP contribution in [0.5, 0.6) is 0 Å². The maximum absolute atomic E-state index is 9.26. The SMILES string of the molecule is Cc1ccc(C2=CC(c3cn[nH]c3)=CN/C2=C(/C#N)C=N)cn1. The number of aromatic amines is 1. The summed E-state index contributed by atoms with van der Waals surface area (Å²) in [7, 11) is 0. The molecule has 0 aromatic carbocycles. The Bertz CT molecular complexity index is 861. The van der Waals surface area contributed by atoms with Gasteiger partial charge in [-0.25, -0.2) is 0 Å². The van der Waals surface area contributed by atoms with Crippen molar-refractivity contribution in [3.05, 3.63) is 71.1 Å². The second-order valence-electron chi connectivity index (χ2n) is 5.02. The van der Waals surface area contributed by atoms with Gasteiger partial charge in [0.15, 0.2) is 0 Å². The van der Waals surface area contributed by atoms with Gasteiger partial charge in [0.05, 0.1) is 17.5 Å². The third kappa shape index (κ3) is 2.80. The highest BCUT2D eigenvalue weighted by Crippen LogP contribution is 2.31. The van der Waals surface area contributed by atoms with Crippen molar-refractivity contribution in [2.75, 3.05) is 0 Å². The van der Waals surface area contributed by atoms with E-state index >= 15 is 0 Å². The summed E-state index contributed by atoms with van der Waals surface area (Å²) in [6, 6.07) is 5.92. The van der Waals surface area contributed by atoms with Gasteiger partial charge in [0.25, 0.3) is 0 Å². The molecule has 0 fully saturated rings. The van der Waals surface area contributed by atoms with Crippen LogP contribution in [0.4, 0.5) is 0 Å². The van der Waals surface area contributed by atoms with Gasteiger partial charge in [0, 0.05) is 52.8 Å². The summed E-state index contributed by atoms with van der Waals surface area (Å²) in [4.78, 5) is 4.32. The van der Waals surface area contributed by atoms with Crippen molar-refractivity contribution in [1.29, 1.82) is 10.7 Å². The molecule has 0 saturated carbocycles. The Balaban J connectivity index is 2.15. The lowest BCUT2D eigenvalue weighted by atomic mass is 9.94. The first-order chi connectivity index (χ1) is 11.2. The number of nitrogens with one attached hydrogen (secondary N) is 3. The minimum Gasteiger partial charge on any atom is -0.359 e. The Hall–Kier alpha value is -3.46. The van der Waals surface area contributed by atoms with E-state index in [1.54, 1.807) is 24.8 Å². The summed E-state index contributed by atoms with van der Waals surface area (Å²) < 4.78 is 0. The molecule has 112 valence electrons. The number of hydrogen-bond donors (Lipinski definition) is 3. The predicted octanol–water partition coefficient (Wildman–Crippen LogP) is 2.57. The first-order valence-corrected chi connectivity index (χ1v) is 6.98. The van der Waals surface area contributed by atoms with Crippen LogP contribution in [0.2, 0.25) is 0 Å². The summed E-state index contributed by atoms with van der Waals surface area (Å²) in [5.41, 5.74) is 5.34. The molecule has 0 aliphatic carbocycles. The van der Waals surface area contributed by atoms with Gasteiger partial charge in [-0.1, -0.05) is 6.07 Å². The largest absolute Gasteiger partial charge is 0.359 e. The predicted molar refractivity (Wildman–Crippen MR) is 88.1 cm³/mol. The van der Waals surface area contributed by atoms with Crippen LogP contribution in [0.25, 0.3) is 11.1 Å². The molecule has 0 bridgehead atoms. The Morgan fingerprint density at radius 2 is 2.17 bits per heavy atom. The van der Waals surface area contributed by atoms with Gasteiger partial charge in [0.2, 0.25) is 0 Å². The van der Waals surface area contributed by atoms with Crippen molar-refractivity contribution in [3.63, 3.8) is 0 Å². The van der Waals surface area contributed by atoms with Gasteiger partial charge in [-0.3, -0.25) is 10.1 Å². The molecular weight excluding hydrogens is 288 g/mol. The fourth-order valence-electron chi connectivity index (χ4n) is 2.31. The van der Waals surface area contributed by atoms with E-state index in [4.69, 9.17) is 5.41 Å². The number of allylic oxidation sites excluding steroid dienone is 4. The van der Waals surface area contributed by atoms with Crippen molar-refractivity contribution >= 4 is 17.4 Å². The quantitative estimate of drug-likeness (QED) is 0.599. The molecule has 0 amide bonds. The van der Waals surface area contributed by atoms with Crippen LogP contribution in [0, 0.1) is 23.7 Å². The summed E-state index contributed by atoms with van der Waals surface area (Å²) >= 11 is 0. The number of rotatable bonds is 3. The molecule has 0 atom stereocenters. The lowest BCUT2D eigenvalue weighted by Crippen LogP contribution is -2.15. The number of aryl methyl sites for hydroxylation is 1. The molecule has 2 aromatic rings. The Kier molecular flexibility index (Phi) is 3.85. The summed E-state index contributed by atoms with van der Waals surface area (Å²) in [5.74, 6) is 0. The molecule has 1 aliphatic heterocycles. The second-order valence-corrected chi connectivity index (χ2v) is 5.02. The van der Waals surface area contributed by atoms with E-state index in [2.05, 4.69) is 20.5 Å². The smallest absolute Gasteiger partial charge is 0.103 e. The number of dihydropyridines is 1. The van der Waals surface area contributed by atoms with Gasteiger partial charge in [0.1, 0.15) is 6.07 Å². The van der Waals surface area contributed by atoms with Crippen LogP contribution < -0.4 is 5.32 Å². The van der Waals surface area contributed by atoms with E-state index in [9.17, 15) is 5.26 Å². The van der Waals surface area contributed by atoms with Crippen molar-refractivity contribution in [2.24, 2.45) is 0 Å². The number of hydrogen-bond acceptors (Lipinski definition) is 5. The topological polar surface area (TPSA) is 101 Å². The van der Waals surface area contributed by atoms with E-state index in [1.807, 2.05) is 31.2 Å². The van der Waals surface area contributed by atoms with E-state index in [0.717, 1.165) is 34.2 Å². The standard InChI is InChI=1S/C17H14N6/c1-11-2-3-12(7-20-11)16-4-13(15-9-22-23-10-15)8-21-17(16)14(5-18)6-19/h2-5,7-10,18,21H,1H3,(H,22,23)/b17-14+,18-5?. The van der Waals surface area contributed by atoms with Gasteiger partial charge in [-0.05, 0) is 19.1 Å². The van der Waals surface area contributed by atoms with Crippen LogP contribution in [0.3, 0.4) is 0 Å². The maximum Gasteiger partial charge on any atom is 0.103 e. The molecule has 3 rings (SSSR count). The highest BCUT2D eigenvalue weighted by Gasteiger charge is 2.18. The fourth-order valence-corrected chi connectivity index (χ4v) is 2.31. The van der Waals surface area contributed by atoms with E-state index in [-0.39, 0.29) is 5.57 Å². The molecular formula is C17H14N6. The van der Waals surface area contributed by atoms with Crippen LogP contribution in [0.15, 0.2) is 54.3 Å². The van der Waals surface area contributed by atoms with Crippen molar-refractivity contribution in [3.8, 4) is 6.07 Å². The van der Waals surface area contributed by atoms with Crippen molar-refractivity contribution in [1.82, 2.24) is 20.5 Å². The monoisotopic (exact) mass is 302 g/mol.